The topological polar surface area (TPSA) is 88.0 Å². The number of aryl methyl sites for hydroxylation is 2. The van der Waals surface area contributed by atoms with Crippen molar-refractivity contribution in [3.05, 3.63) is 35.7 Å². The lowest BCUT2D eigenvalue weighted by atomic mass is 10.4. The van der Waals surface area contributed by atoms with Gasteiger partial charge in [0.15, 0.2) is 5.03 Å². The lowest BCUT2D eigenvalue weighted by Gasteiger charge is -2.02. The molecule has 0 aliphatic rings. The molecule has 17 heavy (non-hydrogen) atoms. The molecule has 2 N–H and O–H groups in total. The van der Waals surface area contributed by atoms with Crippen LogP contribution in [-0.4, -0.2) is 18.4 Å². The molecule has 0 fully saturated rings. The molecular formula is C10H13N3O3S. The van der Waals surface area contributed by atoms with Crippen molar-refractivity contribution in [3.8, 4) is 0 Å². The van der Waals surface area contributed by atoms with Crippen molar-refractivity contribution in [3.63, 3.8) is 0 Å². The van der Waals surface area contributed by atoms with Gasteiger partial charge < -0.3 is 9.40 Å². The second-order valence-electron chi connectivity index (χ2n) is 3.67. The summed E-state index contributed by atoms with van der Waals surface area (Å²) in [7, 11) is -3.56. The minimum Gasteiger partial charge on any atom is -0.465 e. The number of nitrogens with one attached hydrogen (secondary N) is 2. The van der Waals surface area contributed by atoms with Crippen molar-refractivity contribution in [1.82, 2.24) is 14.7 Å². The van der Waals surface area contributed by atoms with Crippen LogP contribution in [0.3, 0.4) is 0 Å². The summed E-state index contributed by atoms with van der Waals surface area (Å²) in [6, 6.07) is 3.51. The Labute approximate surface area is 99.1 Å². The van der Waals surface area contributed by atoms with Crippen LogP contribution in [0.2, 0.25) is 0 Å². The highest BCUT2D eigenvalue weighted by Crippen LogP contribution is 2.09. The minimum absolute atomic E-state index is 0.0540. The van der Waals surface area contributed by atoms with E-state index in [9.17, 15) is 8.42 Å². The zero-order valence-electron chi connectivity index (χ0n) is 9.52. The van der Waals surface area contributed by atoms with Crippen LogP contribution in [0, 0.1) is 13.8 Å². The molecule has 0 radical (unpaired) electrons. The largest absolute Gasteiger partial charge is 0.465 e. The third-order valence-corrected chi connectivity index (χ3v) is 3.51. The summed E-state index contributed by atoms with van der Waals surface area (Å²) in [6.07, 6.45) is 1.28. The molecule has 0 atom stereocenters. The Hall–Kier alpha value is -1.60. The summed E-state index contributed by atoms with van der Waals surface area (Å²) in [5, 5.41) is 0.0540. The van der Waals surface area contributed by atoms with Gasteiger partial charge >= 0.3 is 0 Å². The van der Waals surface area contributed by atoms with Crippen LogP contribution < -0.4 is 4.72 Å². The van der Waals surface area contributed by atoms with Crippen LogP contribution in [0.5, 0.6) is 0 Å². The van der Waals surface area contributed by atoms with E-state index in [1.54, 1.807) is 26.0 Å². The predicted octanol–water partition coefficient (Wildman–Crippen LogP) is 1.10. The first kappa shape index (κ1) is 11.9. The molecule has 0 aromatic carbocycles. The normalized spacial score (nSPS) is 11.9. The van der Waals surface area contributed by atoms with Crippen LogP contribution in [-0.2, 0) is 16.6 Å². The summed E-state index contributed by atoms with van der Waals surface area (Å²) in [4.78, 5) is 6.51. The molecular weight excluding hydrogens is 242 g/mol. The summed E-state index contributed by atoms with van der Waals surface area (Å²) in [5.41, 5.74) is 0. The maximum atomic E-state index is 11.8. The van der Waals surface area contributed by atoms with E-state index in [1.807, 2.05) is 0 Å². The highest BCUT2D eigenvalue weighted by molar-refractivity contribution is 7.89. The second kappa shape index (κ2) is 4.34. The van der Waals surface area contributed by atoms with Gasteiger partial charge in [0.1, 0.15) is 17.3 Å². The van der Waals surface area contributed by atoms with Crippen molar-refractivity contribution in [2.24, 2.45) is 0 Å². The van der Waals surface area contributed by atoms with Crippen LogP contribution in [0.4, 0.5) is 0 Å². The third kappa shape index (κ3) is 2.75. The molecule has 0 saturated carbocycles. The van der Waals surface area contributed by atoms with Gasteiger partial charge in [0.25, 0.3) is 10.0 Å². The molecule has 0 spiro atoms. The van der Waals surface area contributed by atoms with Gasteiger partial charge in [0.2, 0.25) is 0 Å². The van der Waals surface area contributed by atoms with Gasteiger partial charge in [-0.25, -0.2) is 18.1 Å². The van der Waals surface area contributed by atoms with Crippen molar-refractivity contribution in [1.29, 1.82) is 0 Å². The van der Waals surface area contributed by atoms with Crippen molar-refractivity contribution in [2.75, 3.05) is 0 Å². The van der Waals surface area contributed by atoms with Gasteiger partial charge in [-0.3, -0.25) is 0 Å². The number of nitrogens with zero attached hydrogens (tertiary/aromatic N) is 1. The fourth-order valence-corrected chi connectivity index (χ4v) is 2.32. The Balaban J connectivity index is 2.08. The molecule has 6 nitrogen and oxygen atoms in total. The van der Waals surface area contributed by atoms with Crippen LogP contribution in [0.25, 0.3) is 0 Å². The number of aromatic nitrogens is 2. The first-order valence-electron chi connectivity index (χ1n) is 5.04. The smallest absolute Gasteiger partial charge is 0.258 e. The molecule has 0 unspecified atom stereocenters. The van der Waals surface area contributed by atoms with Gasteiger partial charge in [-0.05, 0) is 26.0 Å². The van der Waals surface area contributed by atoms with E-state index in [0.717, 1.165) is 5.76 Å². The zero-order chi connectivity index (χ0) is 12.5. The zero-order valence-corrected chi connectivity index (χ0v) is 10.3. The van der Waals surface area contributed by atoms with Crippen LogP contribution in [0.1, 0.15) is 17.3 Å². The highest BCUT2D eigenvalue weighted by Gasteiger charge is 2.16. The van der Waals surface area contributed by atoms with Crippen molar-refractivity contribution >= 4 is 10.0 Å². The molecule has 92 valence electrons. The monoisotopic (exact) mass is 255 g/mol. The van der Waals surface area contributed by atoms with E-state index >= 15 is 0 Å². The van der Waals surface area contributed by atoms with Gasteiger partial charge in [0, 0.05) is 0 Å². The van der Waals surface area contributed by atoms with Crippen molar-refractivity contribution < 1.29 is 12.8 Å². The predicted molar refractivity (Wildman–Crippen MR) is 60.8 cm³/mol. The van der Waals surface area contributed by atoms with E-state index in [0.29, 0.717) is 11.6 Å². The van der Waals surface area contributed by atoms with Gasteiger partial charge in [-0.1, -0.05) is 0 Å². The van der Waals surface area contributed by atoms with E-state index in [1.165, 1.54) is 6.20 Å². The average Bonchev–Trinajstić information content (AvgIpc) is 2.85. The molecule has 2 rings (SSSR count). The van der Waals surface area contributed by atoms with E-state index in [4.69, 9.17) is 4.42 Å². The number of H-pyrrole nitrogens is 1. The number of hydrogen-bond donors (Lipinski definition) is 2. The van der Waals surface area contributed by atoms with Crippen LogP contribution in [0.15, 0.2) is 27.8 Å². The quantitative estimate of drug-likeness (QED) is 0.856. The molecule has 2 aromatic heterocycles. The SMILES string of the molecule is Cc1ncc(S(=O)(=O)NCc2ccc(C)o2)[nH]1. The number of aromatic amines is 1. The number of hydrogen-bond acceptors (Lipinski definition) is 4. The lowest BCUT2D eigenvalue weighted by Crippen LogP contribution is -2.23. The fourth-order valence-electron chi connectivity index (χ4n) is 1.36. The molecule has 0 aliphatic heterocycles. The van der Waals surface area contributed by atoms with Crippen molar-refractivity contribution in [2.45, 2.75) is 25.4 Å². The number of imidazole rings is 1. The number of sulfonamides is 1. The van der Waals surface area contributed by atoms with E-state index in [-0.39, 0.29) is 11.6 Å². The molecule has 2 aromatic rings. The summed E-state index contributed by atoms with van der Waals surface area (Å²) in [6.45, 7) is 3.61. The number of rotatable bonds is 4. The molecule has 0 aliphatic carbocycles. The Kier molecular flexibility index (Phi) is 3.03. The van der Waals surface area contributed by atoms with Gasteiger partial charge in [-0.15, -0.1) is 0 Å². The maximum Gasteiger partial charge on any atom is 0.258 e. The minimum atomic E-state index is -3.56. The summed E-state index contributed by atoms with van der Waals surface area (Å²) >= 11 is 0. The first-order chi connectivity index (χ1) is 7.97. The molecule has 0 bridgehead atoms. The Morgan fingerprint density at radius 1 is 1.41 bits per heavy atom. The molecule has 0 saturated heterocycles. The molecule has 2 heterocycles. The maximum absolute atomic E-state index is 11.8. The van der Waals surface area contributed by atoms with Crippen LogP contribution >= 0.6 is 0 Å². The molecule has 7 heteroatoms. The lowest BCUT2D eigenvalue weighted by molar-refractivity contribution is 0.475. The fraction of sp³-hybridized carbons (Fsp3) is 0.300. The standard InChI is InChI=1S/C10H13N3O3S/c1-7-3-4-9(16-7)5-12-17(14,15)10-6-11-8(2)13-10/h3-4,6,12H,5H2,1-2H3,(H,11,13). The van der Waals surface area contributed by atoms with Gasteiger partial charge in [0.05, 0.1) is 12.7 Å². The molecule has 0 amide bonds. The Bertz CT molecular complexity index is 612. The average molecular weight is 255 g/mol. The highest BCUT2D eigenvalue weighted by atomic mass is 32.2. The van der Waals surface area contributed by atoms with E-state index in [2.05, 4.69) is 14.7 Å². The Morgan fingerprint density at radius 2 is 2.18 bits per heavy atom. The first-order valence-corrected chi connectivity index (χ1v) is 6.52. The van der Waals surface area contributed by atoms with E-state index < -0.39 is 10.0 Å². The van der Waals surface area contributed by atoms with Gasteiger partial charge in [-0.2, -0.15) is 0 Å². The summed E-state index contributed by atoms with van der Waals surface area (Å²) in [5.74, 6) is 1.87. The third-order valence-electron chi connectivity index (χ3n) is 2.20. The summed E-state index contributed by atoms with van der Waals surface area (Å²) < 4.78 is 31.3. The Morgan fingerprint density at radius 3 is 2.71 bits per heavy atom. The number of furan rings is 1. The second-order valence-corrected chi connectivity index (χ2v) is 5.41.